The summed E-state index contributed by atoms with van der Waals surface area (Å²) in [5, 5.41) is 0. The topological polar surface area (TPSA) is 37.3 Å². The molecule has 0 heterocycles. The minimum atomic E-state index is -1.63. The standard InChI is InChI=1S/C8H14O2S/c1-2-3-8(6-11(9)10)7-4-5-7/h2,7-8H,1,3-6H2,(H,9,10)/t8-/m0/s1. The molecule has 0 aromatic heterocycles. The van der Waals surface area contributed by atoms with Gasteiger partial charge in [-0.2, -0.15) is 0 Å². The van der Waals surface area contributed by atoms with Crippen LogP contribution in [-0.4, -0.2) is 14.5 Å². The summed E-state index contributed by atoms with van der Waals surface area (Å²) < 4.78 is 19.2. The van der Waals surface area contributed by atoms with Crippen LogP contribution in [0.1, 0.15) is 19.3 Å². The van der Waals surface area contributed by atoms with Gasteiger partial charge in [0.1, 0.15) is 0 Å². The van der Waals surface area contributed by atoms with E-state index in [0.29, 0.717) is 17.6 Å². The zero-order valence-electron chi connectivity index (χ0n) is 6.53. The van der Waals surface area contributed by atoms with Crippen LogP contribution in [0.5, 0.6) is 0 Å². The van der Waals surface area contributed by atoms with E-state index in [4.69, 9.17) is 4.55 Å². The Morgan fingerprint density at radius 1 is 1.73 bits per heavy atom. The molecule has 64 valence electrons. The van der Waals surface area contributed by atoms with Gasteiger partial charge in [-0.1, -0.05) is 6.08 Å². The van der Waals surface area contributed by atoms with Gasteiger partial charge in [0, 0.05) is 0 Å². The van der Waals surface area contributed by atoms with Gasteiger partial charge in [-0.3, -0.25) is 0 Å². The average molecular weight is 174 g/mol. The van der Waals surface area contributed by atoms with Crippen molar-refractivity contribution < 1.29 is 8.76 Å². The molecule has 0 amide bonds. The highest BCUT2D eigenvalue weighted by Crippen LogP contribution is 2.38. The molecule has 1 fully saturated rings. The summed E-state index contributed by atoms with van der Waals surface area (Å²) in [5.74, 6) is 1.53. The van der Waals surface area contributed by atoms with Crippen LogP contribution in [0.3, 0.4) is 0 Å². The Bertz CT molecular complexity index is 163. The fraction of sp³-hybridized carbons (Fsp3) is 0.750. The third kappa shape index (κ3) is 3.16. The SMILES string of the molecule is C=CC[C@@H](CS(=O)O)C1CC1. The first kappa shape index (κ1) is 8.94. The summed E-state index contributed by atoms with van der Waals surface area (Å²) in [4.78, 5) is 0. The molecule has 11 heavy (non-hydrogen) atoms. The minimum absolute atomic E-state index is 0.401. The monoisotopic (exact) mass is 174 g/mol. The lowest BCUT2D eigenvalue weighted by molar-refractivity contribution is 0.492. The molecule has 0 aromatic rings. The molecule has 2 atom stereocenters. The maximum Gasteiger partial charge on any atom is 0.153 e. The van der Waals surface area contributed by atoms with E-state index in [2.05, 4.69) is 6.58 Å². The Morgan fingerprint density at radius 3 is 2.73 bits per heavy atom. The molecule has 0 aliphatic heterocycles. The first-order chi connectivity index (χ1) is 5.24. The fourth-order valence-corrected chi connectivity index (χ4v) is 2.14. The van der Waals surface area contributed by atoms with Crippen molar-refractivity contribution in [2.75, 3.05) is 5.75 Å². The molecule has 3 heteroatoms. The van der Waals surface area contributed by atoms with Gasteiger partial charge in [0.25, 0.3) is 0 Å². The molecule has 1 aliphatic rings. The van der Waals surface area contributed by atoms with Crippen LogP contribution in [0, 0.1) is 11.8 Å². The van der Waals surface area contributed by atoms with E-state index < -0.39 is 11.1 Å². The molecular weight excluding hydrogens is 160 g/mol. The predicted octanol–water partition coefficient (Wildman–Crippen LogP) is 1.81. The Morgan fingerprint density at radius 2 is 2.36 bits per heavy atom. The summed E-state index contributed by atoms with van der Waals surface area (Å²) >= 11 is -1.63. The van der Waals surface area contributed by atoms with E-state index in [1.807, 2.05) is 6.08 Å². The number of rotatable bonds is 5. The van der Waals surface area contributed by atoms with Crippen LogP contribution < -0.4 is 0 Å². The second-order valence-electron chi connectivity index (χ2n) is 3.11. The molecule has 0 bridgehead atoms. The van der Waals surface area contributed by atoms with Crippen molar-refractivity contribution in [2.45, 2.75) is 19.3 Å². The lowest BCUT2D eigenvalue weighted by atomic mass is 10.0. The predicted molar refractivity (Wildman–Crippen MR) is 46.7 cm³/mol. The third-order valence-corrected chi connectivity index (χ3v) is 2.83. The van der Waals surface area contributed by atoms with Gasteiger partial charge in [0.15, 0.2) is 11.1 Å². The van der Waals surface area contributed by atoms with E-state index in [1.165, 1.54) is 12.8 Å². The van der Waals surface area contributed by atoms with Crippen molar-refractivity contribution in [1.29, 1.82) is 0 Å². The van der Waals surface area contributed by atoms with Crippen molar-refractivity contribution >= 4 is 11.1 Å². The Kier molecular flexibility index (Phi) is 3.27. The van der Waals surface area contributed by atoms with Crippen molar-refractivity contribution in [3.05, 3.63) is 12.7 Å². The van der Waals surface area contributed by atoms with Crippen LogP contribution >= 0.6 is 0 Å². The quantitative estimate of drug-likeness (QED) is 0.510. The number of allylic oxidation sites excluding steroid dienone is 1. The van der Waals surface area contributed by atoms with Crippen LogP contribution in [0.15, 0.2) is 12.7 Å². The molecule has 1 saturated carbocycles. The summed E-state index contributed by atoms with van der Waals surface area (Å²) in [6.07, 6.45) is 5.19. The zero-order chi connectivity index (χ0) is 8.27. The molecule has 0 saturated heterocycles. The fourth-order valence-electron chi connectivity index (χ4n) is 1.36. The van der Waals surface area contributed by atoms with Gasteiger partial charge < -0.3 is 4.55 Å². The second kappa shape index (κ2) is 4.02. The first-order valence-corrected chi connectivity index (χ1v) is 5.20. The third-order valence-electron chi connectivity index (χ3n) is 2.11. The molecule has 1 aliphatic carbocycles. The van der Waals surface area contributed by atoms with Crippen LogP contribution in [0.25, 0.3) is 0 Å². The Balaban J connectivity index is 2.31. The molecule has 0 aromatic carbocycles. The maximum absolute atomic E-state index is 10.5. The highest BCUT2D eigenvalue weighted by molar-refractivity contribution is 7.79. The highest BCUT2D eigenvalue weighted by atomic mass is 32.2. The average Bonchev–Trinajstić information content (AvgIpc) is 2.66. The number of hydrogen-bond donors (Lipinski definition) is 1. The summed E-state index contributed by atoms with van der Waals surface area (Å²) in [6, 6.07) is 0. The van der Waals surface area contributed by atoms with E-state index in [0.717, 1.165) is 6.42 Å². The number of hydrogen-bond acceptors (Lipinski definition) is 1. The molecule has 1 N–H and O–H groups in total. The Hall–Kier alpha value is -0.150. The largest absolute Gasteiger partial charge is 0.306 e. The molecule has 0 radical (unpaired) electrons. The van der Waals surface area contributed by atoms with Crippen LogP contribution in [-0.2, 0) is 11.1 Å². The molecule has 0 spiro atoms. The first-order valence-electron chi connectivity index (χ1n) is 3.92. The van der Waals surface area contributed by atoms with E-state index in [1.54, 1.807) is 0 Å². The Labute approximate surface area is 70.0 Å². The van der Waals surface area contributed by atoms with E-state index >= 15 is 0 Å². The van der Waals surface area contributed by atoms with Gasteiger partial charge in [0.2, 0.25) is 0 Å². The summed E-state index contributed by atoms with van der Waals surface area (Å²) in [5.41, 5.74) is 0. The van der Waals surface area contributed by atoms with Gasteiger partial charge in [0.05, 0.1) is 5.75 Å². The zero-order valence-corrected chi connectivity index (χ0v) is 7.35. The molecule has 1 unspecified atom stereocenters. The molecular formula is C8H14O2S. The van der Waals surface area contributed by atoms with Gasteiger partial charge >= 0.3 is 0 Å². The van der Waals surface area contributed by atoms with E-state index in [-0.39, 0.29) is 0 Å². The van der Waals surface area contributed by atoms with Crippen LogP contribution in [0.4, 0.5) is 0 Å². The van der Waals surface area contributed by atoms with Crippen molar-refractivity contribution in [2.24, 2.45) is 11.8 Å². The summed E-state index contributed by atoms with van der Waals surface area (Å²) in [6.45, 7) is 3.64. The minimum Gasteiger partial charge on any atom is -0.306 e. The lowest BCUT2D eigenvalue weighted by Crippen LogP contribution is -2.11. The smallest absolute Gasteiger partial charge is 0.153 e. The van der Waals surface area contributed by atoms with Crippen molar-refractivity contribution in [3.63, 3.8) is 0 Å². The highest BCUT2D eigenvalue weighted by Gasteiger charge is 2.30. The van der Waals surface area contributed by atoms with Crippen molar-refractivity contribution in [1.82, 2.24) is 0 Å². The molecule has 1 rings (SSSR count). The van der Waals surface area contributed by atoms with E-state index in [9.17, 15) is 4.21 Å². The van der Waals surface area contributed by atoms with Gasteiger partial charge in [-0.25, -0.2) is 4.21 Å². The van der Waals surface area contributed by atoms with Crippen LogP contribution in [0.2, 0.25) is 0 Å². The lowest BCUT2D eigenvalue weighted by Gasteiger charge is -2.09. The van der Waals surface area contributed by atoms with Crippen molar-refractivity contribution in [3.8, 4) is 0 Å². The normalized spacial score (nSPS) is 22.6. The van der Waals surface area contributed by atoms with Gasteiger partial charge in [-0.15, -0.1) is 6.58 Å². The maximum atomic E-state index is 10.5. The van der Waals surface area contributed by atoms with Gasteiger partial charge in [-0.05, 0) is 31.1 Å². The summed E-state index contributed by atoms with van der Waals surface area (Å²) in [7, 11) is 0. The molecule has 2 nitrogen and oxygen atoms in total. The second-order valence-corrected chi connectivity index (χ2v) is 4.09.